The number of rotatable bonds is 2. The number of hydrogen-bond acceptors (Lipinski definition) is 3. The third-order valence-electron chi connectivity index (χ3n) is 3.32. The van der Waals surface area contributed by atoms with Gasteiger partial charge in [0.05, 0.1) is 13.2 Å². The maximum Gasteiger partial charge on any atom is 0.109 e. The Morgan fingerprint density at radius 1 is 1.28 bits per heavy atom. The molecule has 0 spiro atoms. The van der Waals surface area contributed by atoms with E-state index in [0.29, 0.717) is 12.6 Å². The lowest BCUT2D eigenvalue weighted by atomic mass is 9.96. The van der Waals surface area contributed by atoms with Crippen molar-refractivity contribution in [2.75, 3.05) is 18.5 Å². The highest BCUT2D eigenvalue weighted by atomic mass is 16.5. The molecule has 0 aliphatic carbocycles. The number of anilines is 1. The van der Waals surface area contributed by atoms with Crippen LogP contribution in [0.4, 0.5) is 5.69 Å². The molecule has 0 amide bonds. The molecule has 3 heteroatoms. The van der Waals surface area contributed by atoms with Crippen LogP contribution in [-0.4, -0.2) is 19.3 Å². The highest BCUT2D eigenvalue weighted by Crippen LogP contribution is 2.27. The normalized spacial score (nSPS) is 22.9. The molecule has 2 N–H and O–H groups in total. The van der Waals surface area contributed by atoms with Gasteiger partial charge in [-0.2, -0.15) is 0 Å². The second-order valence-corrected chi connectivity index (χ2v) is 4.77. The summed E-state index contributed by atoms with van der Waals surface area (Å²) in [6.45, 7) is 3.70. The van der Waals surface area contributed by atoms with Crippen molar-refractivity contribution in [2.45, 2.75) is 19.4 Å². The van der Waals surface area contributed by atoms with Gasteiger partial charge in [-0.3, -0.25) is 0 Å². The second-order valence-electron chi connectivity index (χ2n) is 4.77. The lowest BCUT2D eigenvalue weighted by molar-refractivity contribution is 0.143. The molecule has 94 valence electrons. The SMILES string of the molecule is CC1C=C2CCOCC2=C(Nc2ccccc2)N1. The molecule has 2 heterocycles. The number of benzene rings is 1. The molecule has 1 atom stereocenters. The van der Waals surface area contributed by atoms with E-state index in [1.165, 1.54) is 11.1 Å². The van der Waals surface area contributed by atoms with Gasteiger partial charge in [0, 0.05) is 17.3 Å². The van der Waals surface area contributed by atoms with Crippen molar-refractivity contribution in [1.29, 1.82) is 0 Å². The Balaban J connectivity index is 1.89. The molecule has 2 aliphatic heterocycles. The van der Waals surface area contributed by atoms with Crippen LogP contribution >= 0.6 is 0 Å². The van der Waals surface area contributed by atoms with Gasteiger partial charge in [0.15, 0.2) is 0 Å². The summed E-state index contributed by atoms with van der Waals surface area (Å²) in [7, 11) is 0. The number of nitrogens with one attached hydrogen (secondary N) is 2. The number of dihydropyridines is 1. The molecule has 0 bridgehead atoms. The molecule has 1 aromatic carbocycles. The predicted octanol–water partition coefficient (Wildman–Crippen LogP) is 2.65. The first-order valence-corrected chi connectivity index (χ1v) is 6.43. The fourth-order valence-corrected chi connectivity index (χ4v) is 2.45. The Kier molecular flexibility index (Phi) is 3.07. The van der Waals surface area contributed by atoms with Crippen molar-refractivity contribution in [3.63, 3.8) is 0 Å². The van der Waals surface area contributed by atoms with Gasteiger partial charge >= 0.3 is 0 Å². The Bertz CT molecular complexity index is 490. The molecule has 1 unspecified atom stereocenters. The second kappa shape index (κ2) is 4.86. The summed E-state index contributed by atoms with van der Waals surface area (Å²) < 4.78 is 5.56. The van der Waals surface area contributed by atoms with Gasteiger partial charge in [0.2, 0.25) is 0 Å². The molecule has 3 nitrogen and oxygen atoms in total. The topological polar surface area (TPSA) is 33.3 Å². The molecule has 2 aliphatic rings. The van der Waals surface area contributed by atoms with Crippen LogP contribution in [0.3, 0.4) is 0 Å². The van der Waals surface area contributed by atoms with Crippen molar-refractivity contribution in [3.05, 3.63) is 53.4 Å². The molecule has 18 heavy (non-hydrogen) atoms. The number of fused-ring (bicyclic) bond motifs is 1. The molecular weight excluding hydrogens is 224 g/mol. The number of hydrogen-bond donors (Lipinski definition) is 2. The average Bonchev–Trinajstić information content (AvgIpc) is 2.40. The molecular formula is C15H18N2O. The summed E-state index contributed by atoms with van der Waals surface area (Å²) in [5.74, 6) is 1.09. The first-order chi connectivity index (χ1) is 8.83. The van der Waals surface area contributed by atoms with Gasteiger partial charge in [-0.15, -0.1) is 0 Å². The zero-order chi connectivity index (χ0) is 12.4. The molecule has 0 saturated carbocycles. The van der Waals surface area contributed by atoms with Gasteiger partial charge in [0.1, 0.15) is 5.82 Å². The number of ether oxygens (including phenoxy) is 1. The smallest absolute Gasteiger partial charge is 0.109 e. The van der Waals surface area contributed by atoms with Crippen molar-refractivity contribution < 1.29 is 4.74 Å². The highest BCUT2D eigenvalue weighted by Gasteiger charge is 2.22. The molecule has 1 saturated heterocycles. The third-order valence-corrected chi connectivity index (χ3v) is 3.32. The molecule has 1 aromatic rings. The maximum absolute atomic E-state index is 5.56. The Morgan fingerprint density at radius 2 is 2.11 bits per heavy atom. The monoisotopic (exact) mass is 242 g/mol. The Hall–Kier alpha value is -1.74. The van der Waals surface area contributed by atoms with Gasteiger partial charge in [0.25, 0.3) is 0 Å². The minimum Gasteiger partial charge on any atom is -0.376 e. The van der Waals surface area contributed by atoms with Crippen LogP contribution in [0.25, 0.3) is 0 Å². The van der Waals surface area contributed by atoms with Crippen LogP contribution < -0.4 is 10.6 Å². The maximum atomic E-state index is 5.56. The fraction of sp³-hybridized carbons (Fsp3) is 0.333. The fourth-order valence-electron chi connectivity index (χ4n) is 2.45. The van der Waals surface area contributed by atoms with Crippen LogP contribution in [0.1, 0.15) is 13.3 Å². The van der Waals surface area contributed by atoms with Crippen LogP contribution in [0.15, 0.2) is 53.4 Å². The molecule has 1 fully saturated rings. The van der Waals surface area contributed by atoms with E-state index in [9.17, 15) is 0 Å². The quantitative estimate of drug-likeness (QED) is 0.836. The predicted molar refractivity (Wildman–Crippen MR) is 73.2 cm³/mol. The summed E-state index contributed by atoms with van der Waals surface area (Å²) in [5.41, 5.74) is 3.79. The first kappa shape index (κ1) is 11.4. The highest BCUT2D eigenvalue weighted by molar-refractivity contribution is 5.53. The summed E-state index contributed by atoms with van der Waals surface area (Å²) >= 11 is 0. The zero-order valence-electron chi connectivity index (χ0n) is 10.6. The van der Waals surface area contributed by atoms with Crippen LogP contribution in [0.2, 0.25) is 0 Å². The summed E-state index contributed by atoms with van der Waals surface area (Å²) in [6, 6.07) is 10.6. The van der Waals surface area contributed by atoms with Crippen LogP contribution in [0, 0.1) is 0 Å². The number of para-hydroxylation sites is 1. The van der Waals surface area contributed by atoms with Crippen LogP contribution in [0.5, 0.6) is 0 Å². The van der Waals surface area contributed by atoms with E-state index in [-0.39, 0.29) is 0 Å². The summed E-state index contributed by atoms with van der Waals surface area (Å²) in [5, 5.41) is 6.93. The van der Waals surface area contributed by atoms with Crippen LogP contribution in [-0.2, 0) is 4.74 Å². The zero-order valence-corrected chi connectivity index (χ0v) is 10.6. The van der Waals surface area contributed by atoms with E-state index in [4.69, 9.17) is 4.74 Å². The lowest BCUT2D eigenvalue weighted by Crippen LogP contribution is -2.35. The summed E-state index contributed by atoms with van der Waals surface area (Å²) in [6.07, 6.45) is 3.31. The van der Waals surface area contributed by atoms with Gasteiger partial charge in [-0.1, -0.05) is 24.3 Å². The van der Waals surface area contributed by atoms with E-state index in [1.54, 1.807) is 0 Å². The van der Waals surface area contributed by atoms with E-state index < -0.39 is 0 Å². The largest absolute Gasteiger partial charge is 0.376 e. The van der Waals surface area contributed by atoms with Crippen molar-refractivity contribution in [2.24, 2.45) is 0 Å². The van der Waals surface area contributed by atoms with Gasteiger partial charge in [-0.25, -0.2) is 0 Å². The van der Waals surface area contributed by atoms with E-state index in [2.05, 4.69) is 35.8 Å². The lowest BCUT2D eigenvalue weighted by Gasteiger charge is -2.30. The van der Waals surface area contributed by atoms with E-state index in [1.807, 2.05) is 18.2 Å². The summed E-state index contributed by atoms with van der Waals surface area (Å²) in [4.78, 5) is 0. The van der Waals surface area contributed by atoms with Crippen molar-refractivity contribution in [1.82, 2.24) is 5.32 Å². The minimum absolute atomic E-state index is 0.369. The Morgan fingerprint density at radius 3 is 2.94 bits per heavy atom. The van der Waals surface area contributed by atoms with Gasteiger partial charge < -0.3 is 15.4 Å². The minimum atomic E-state index is 0.369. The van der Waals surface area contributed by atoms with Crippen molar-refractivity contribution in [3.8, 4) is 0 Å². The molecule has 0 aromatic heterocycles. The van der Waals surface area contributed by atoms with E-state index in [0.717, 1.165) is 24.5 Å². The van der Waals surface area contributed by atoms with Gasteiger partial charge in [-0.05, 0) is 31.1 Å². The standard InChI is InChI=1S/C15H18N2O/c1-11-9-12-7-8-18-10-14(12)15(16-11)17-13-5-3-2-4-6-13/h2-6,9,11,16-17H,7-8,10H2,1H3. The average molecular weight is 242 g/mol. The van der Waals surface area contributed by atoms with E-state index >= 15 is 0 Å². The van der Waals surface area contributed by atoms with Crippen molar-refractivity contribution >= 4 is 5.69 Å². The Labute approximate surface area is 108 Å². The molecule has 3 rings (SSSR count). The first-order valence-electron chi connectivity index (χ1n) is 6.43. The third kappa shape index (κ3) is 2.27. The molecule has 0 radical (unpaired) electrons.